The number of hydroxylamine groups is 2. The van der Waals surface area contributed by atoms with Crippen LogP contribution in [-0.2, 0) is 42.7 Å². The van der Waals surface area contributed by atoms with E-state index in [-0.39, 0.29) is 18.5 Å². The van der Waals surface area contributed by atoms with Crippen LogP contribution in [-0.4, -0.2) is 98.8 Å². The number of nitrogens with zero attached hydrogens (tertiary/aromatic N) is 2. The Bertz CT molecular complexity index is 990. The number of rotatable bonds is 11. The van der Waals surface area contributed by atoms with Gasteiger partial charge in [-0.2, -0.15) is 13.5 Å². The summed E-state index contributed by atoms with van der Waals surface area (Å²) in [7, 11) is -4.90. The summed E-state index contributed by atoms with van der Waals surface area (Å²) in [5, 5.41) is 6.86. The number of hydrogen-bond acceptors (Lipinski definition) is 11. The van der Waals surface area contributed by atoms with Crippen molar-refractivity contribution in [1.82, 2.24) is 20.6 Å². The predicted octanol–water partition coefficient (Wildman–Crippen LogP) is 0.226. The second-order valence-corrected chi connectivity index (χ2v) is 11.7. The molecule has 3 rings (SSSR count). The molecule has 3 fully saturated rings. The molecule has 0 aromatic carbocycles. The molecule has 0 aromatic heterocycles. The van der Waals surface area contributed by atoms with Gasteiger partial charge < -0.3 is 25.0 Å². The molecule has 0 aliphatic carbocycles. The maximum Gasteiger partial charge on any atom is 0.421 e. The molecule has 0 spiro atoms. The summed E-state index contributed by atoms with van der Waals surface area (Å²) in [6, 6.07) is -2.14. The van der Waals surface area contributed by atoms with Gasteiger partial charge in [0.25, 0.3) is 0 Å². The SMILES string of the molecule is CC(C)OC(=O)C(C)(COS(=O)(=O)ON1C(=O)N2C[C@H]1CC[C@H]2C(=O)NC1CCNCC1)C(=O)OC(C)C. The molecule has 3 saturated heterocycles. The van der Waals surface area contributed by atoms with Crippen LogP contribution in [0.4, 0.5) is 4.79 Å². The van der Waals surface area contributed by atoms with Gasteiger partial charge in [0, 0.05) is 12.6 Å². The van der Waals surface area contributed by atoms with E-state index >= 15 is 0 Å². The zero-order valence-electron chi connectivity index (χ0n) is 22.4. The summed E-state index contributed by atoms with van der Waals surface area (Å²) in [6.07, 6.45) is 1.08. The number of piperidine rings is 2. The molecule has 216 valence electrons. The van der Waals surface area contributed by atoms with Crippen molar-refractivity contribution < 1.29 is 45.5 Å². The normalized spacial score (nSPS) is 22.7. The summed E-state index contributed by atoms with van der Waals surface area (Å²) in [5.74, 6) is -2.35. The van der Waals surface area contributed by atoms with Crippen LogP contribution in [0.25, 0.3) is 0 Å². The minimum absolute atomic E-state index is 0.0133. The first-order valence-electron chi connectivity index (χ1n) is 12.9. The first-order valence-corrected chi connectivity index (χ1v) is 14.2. The monoisotopic (exact) mass is 562 g/mol. The fraction of sp³-hybridized carbons (Fsp3) is 0.826. The van der Waals surface area contributed by atoms with E-state index in [1.807, 2.05) is 0 Å². The maximum absolute atomic E-state index is 13.0. The van der Waals surface area contributed by atoms with Gasteiger partial charge in [-0.1, -0.05) is 0 Å². The summed E-state index contributed by atoms with van der Waals surface area (Å²) < 4.78 is 45.5. The molecule has 0 aromatic rings. The van der Waals surface area contributed by atoms with Gasteiger partial charge in [0.15, 0.2) is 5.41 Å². The molecule has 2 atom stereocenters. The lowest BCUT2D eigenvalue weighted by Gasteiger charge is -2.32. The Morgan fingerprint density at radius 2 is 1.61 bits per heavy atom. The molecule has 15 heteroatoms. The molecule has 38 heavy (non-hydrogen) atoms. The van der Waals surface area contributed by atoms with Crippen molar-refractivity contribution in [2.45, 2.75) is 90.6 Å². The van der Waals surface area contributed by atoms with E-state index in [4.69, 9.17) is 17.9 Å². The van der Waals surface area contributed by atoms with Crippen molar-refractivity contribution in [2.24, 2.45) is 5.41 Å². The van der Waals surface area contributed by atoms with E-state index in [0.717, 1.165) is 32.9 Å². The maximum atomic E-state index is 13.0. The molecule has 0 saturated carbocycles. The zero-order valence-corrected chi connectivity index (χ0v) is 23.2. The average molecular weight is 563 g/mol. The number of carbonyl (C=O) groups excluding carboxylic acids is 4. The molecule has 3 amide bonds. The largest absolute Gasteiger partial charge is 0.462 e. The van der Waals surface area contributed by atoms with Gasteiger partial charge in [-0.05, 0) is 73.4 Å². The number of ether oxygens (including phenoxy) is 2. The fourth-order valence-corrected chi connectivity index (χ4v) is 5.27. The van der Waals surface area contributed by atoms with Crippen LogP contribution < -0.4 is 10.6 Å². The Hall–Kier alpha value is -2.49. The van der Waals surface area contributed by atoms with Crippen LogP contribution in [0.2, 0.25) is 0 Å². The predicted molar refractivity (Wildman–Crippen MR) is 131 cm³/mol. The van der Waals surface area contributed by atoms with Crippen molar-refractivity contribution in [1.29, 1.82) is 0 Å². The Kier molecular flexibility index (Phi) is 9.60. The highest BCUT2D eigenvalue weighted by molar-refractivity contribution is 7.81. The standard InChI is InChI=1S/C23H38N4O10S/c1-14(2)35-20(29)23(5,21(30)36-15(3)4)13-34-38(32,33)37-27-17-6-7-18(26(12-17)22(27)31)19(28)25-16-8-10-24-11-9-16/h14-18,24H,6-13H2,1-5H3,(H,25,28)/t17-,18+/m1/s1. The number of fused-ring (bicyclic) bond motifs is 2. The van der Waals surface area contributed by atoms with Crippen molar-refractivity contribution in [2.75, 3.05) is 26.2 Å². The molecule has 3 aliphatic heterocycles. The van der Waals surface area contributed by atoms with Crippen LogP contribution >= 0.6 is 0 Å². The average Bonchev–Trinajstić information content (AvgIpc) is 3.06. The third kappa shape index (κ3) is 7.12. The van der Waals surface area contributed by atoms with Crippen molar-refractivity contribution in [3.05, 3.63) is 0 Å². The Labute approximate surface area is 222 Å². The van der Waals surface area contributed by atoms with E-state index in [1.54, 1.807) is 27.7 Å². The molecule has 0 unspecified atom stereocenters. The lowest BCUT2D eigenvalue weighted by Crippen LogP contribution is -2.53. The third-order valence-electron chi connectivity index (χ3n) is 6.56. The summed E-state index contributed by atoms with van der Waals surface area (Å²) in [4.78, 5) is 52.5. The van der Waals surface area contributed by atoms with Gasteiger partial charge in [0.1, 0.15) is 6.04 Å². The lowest BCUT2D eigenvalue weighted by molar-refractivity contribution is -0.178. The van der Waals surface area contributed by atoms with Crippen LogP contribution in [0.5, 0.6) is 0 Å². The Balaban J connectivity index is 1.65. The molecule has 2 N–H and O–H groups in total. The fourth-order valence-electron chi connectivity index (χ4n) is 4.47. The minimum Gasteiger partial charge on any atom is -0.462 e. The first kappa shape index (κ1) is 30.1. The van der Waals surface area contributed by atoms with Crippen molar-refractivity contribution >= 4 is 34.3 Å². The number of hydrogen-bond donors (Lipinski definition) is 2. The first-order chi connectivity index (χ1) is 17.7. The minimum atomic E-state index is -4.90. The molecule has 2 bridgehead atoms. The number of nitrogens with one attached hydrogen (secondary N) is 2. The topological polar surface area (TPSA) is 170 Å². The molecular weight excluding hydrogens is 524 g/mol. The van der Waals surface area contributed by atoms with Gasteiger partial charge in [-0.15, -0.1) is 4.28 Å². The van der Waals surface area contributed by atoms with Crippen LogP contribution in [0.1, 0.15) is 60.3 Å². The van der Waals surface area contributed by atoms with Gasteiger partial charge >= 0.3 is 28.4 Å². The quantitative estimate of drug-likeness (QED) is 0.261. The second kappa shape index (κ2) is 12.1. The zero-order chi connectivity index (χ0) is 28.3. The van der Waals surface area contributed by atoms with E-state index in [2.05, 4.69) is 10.6 Å². The Morgan fingerprint density at radius 1 is 1.03 bits per heavy atom. The molecule has 3 heterocycles. The third-order valence-corrected chi connectivity index (χ3v) is 7.31. The summed E-state index contributed by atoms with van der Waals surface area (Å²) >= 11 is 0. The Morgan fingerprint density at radius 3 is 2.16 bits per heavy atom. The number of carbonyl (C=O) groups is 4. The summed E-state index contributed by atoms with van der Waals surface area (Å²) in [5.41, 5.74) is -2.11. The van der Waals surface area contributed by atoms with Gasteiger partial charge in [0.05, 0.1) is 24.9 Å². The van der Waals surface area contributed by atoms with Crippen molar-refractivity contribution in [3.63, 3.8) is 0 Å². The number of amides is 3. The number of urea groups is 1. The second-order valence-electron chi connectivity index (χ2n) is 10.5. The van der Waals surface area contributed by atoms with Crippen LogP contribution in [0.15, 0.2) is 0 Å². The summed E-state index contributed by atoms with van der Waals surface area (Å²) in [6.45, 7) is 8.15. The van der Waals surface area contributed by atoms with Gasteiger partial charge in [-0.3, -0.25) is 14.4 Å². The molecule has 3 aliphatic rings. The van der Waals surface area contributed by atoms with Gasteiger partial charge in [0.2, 0.25) is 5.91 Å². The van der Waals surface area contributed by atoms with E-state index in [0.29, 0.717) is 17.9 Å². The molecular formula is C23H38N4O10S. The van der Waals surface area contributed by atoms with Crippen LogP contribution in [0.3, 0.4) is 0 Å². The van der Waals surface area contributed by atoms with E-state index in [1.165, 1.54) is 4.90 Å². The number of esters is 2. The van der Waals surface area contributed by atoms with Gasteiger partial charge in [-0.25, -0.2) is 8.98 Å². The van der Waals surface area contributed by atoms with Crippen LogP contribution in [0, 0.1) is 5.41 Å². The lowest BCUT2D eigenvalue weighted by atomic mass is 9.92. The molecule has 14 nitrogen and oxygen atoms in total. The van der Waals surface area contributed by atoms with E-state index in [9.17, 15) is 27.6 Å². The highest BCUT2D eigenvalue weighted by Crippen LogP contribution is 2.32. The highest BCUT2D eigenvalue weighted by Gasteiger charge is 2.51. The molecule has 0 radical (unpaired) electrons. The van der Waals surface area contributed by atoms with Crippen molar-refractivity contribution in [3.8, 4) is 0 Å². The van der Waals surface area contributed by atoms with E-state index < -0.39 is 64.7 Å². The highest BCUT2D eigenvalue weighted by atomic mass is 32.3. The smallest absolute Gasteiger partial charge is 0.421 e.